The van der Waals surface area contributed by atoms with Crippen molar-refractivity contribution in [1.82, 2.24) is 10.4 Å². The Labute approximate surface area is 113 Å². The van der Waals surface area contributed by atoms with E-state index in [9.17, 15) is 14.4 Å². The van der Waals surface area contributed by atoms with Gasteiger partial charge in [0.2, 0.25) is 0 Å². The number of nitrogens with zero attached hydrogens (tertiary/aromatic N) is 1. The Morgan fingerprint density at radius 2 is 1.84 bits per heavy atom. The second-order valence-electron chi connectivity index (χ2n) is 5.12. The highest BCUT2D eigenvalue weighted by Gasteiger charge is 2.29. The largest absolute Gasteiger partial charge is 0.444 e. The van der Waals surface area contributed by atoms with Crippen molar-refractivity contribution in [3.63, 3.8) is 0 Å². The summed E-state index contributed by atoms with van der Waals surface area (Å²) in [5, 5.41) is 3.35. The number of hydrogen-bond donors (Lipinski definition) is 1. The Kier molecular flexibility index (Phi) is 6.47. The molecule has 7 heteroatoms. The van der Waals surface area contributed by atoms with Crippen molar-refractivity contribution in [3.05, 3.63) is 0 Å². The monoisotopic (exact) mass is 274 g/mol. The van der Waals surface area contributed by atoms with Crippen LogP contribution in [-0.2, 0) is 19.2 Å². The Bertz CT molecular complexity index is 338. The highest BCUT2D eigenvalue weighted by atomic mass is 16.7. The third-order valence-electron chi connectivity index (χ3n) is 2.34. The van der Waals surface area contributed by atoms with Gasteiger partial charge in [-0.2, -0.15) is 0 Å². The quantitative estimate of drug-likeness (QED) is 0.590. The van der Waals surface area contributed by atoms with E-state index in [0.717, 1.165) is 5.06 Å². The smallest absolute Gasteiger partial charge is 0.408 e. The number of carbonyl (C=O) groups excluding carboxylic acids is 3. The average Bonchev–Trinajstić information content (AvgIpc) is 2.30. The molecule has 0 aromatic heterocycles. The number of amides is 2. The molecule has 0 radical (unpaired) electrons. The Morgan fingerprint density at radius 1 is 1.32 bits per heavy atom. The summed E-state index contributed by atoms with van der Waals surface area (Å²) in [5.74, 6) is -1.18. The molecule has 0 heterocycles. The maximum Gasteiger partial charge on any atom is 0.408 e. The number of carbonyl (C=O) groups is 3. The number of hydrogen-bond acceptors (Lipinski definition) is 5. The highest BCUT2D eigenvalue weighted by Crippen LogP contribution is 2.09. The first-order valence-electron chi connectivity index (χ1n) is 5.89. The van der Waals surface area contributed by atoms with E-state index in [1.807, 2.05) is 0 Å². The standard InChI is InChI=1S/C12H22N2O5/c1-8(10(16)14(5)18-6)9(7-15)13-11(17)19-12(2,3)4/h7-9H,1-6H3,(H,13,17)/t8-,9-/m0/s1. The van der Waals surface area contributed by atoms with E-state index < -0.39 is 29.6 Å². The van der Waals surface area contributed by atoms with Crippen LogP contribution >= 0.6 is 0 Å². The molecule has 0 aliphatic heterocycles. The molecule has 0 rings (SSSR count). The van der Waals surface area contributed by atoms with Crippen LogP contribution in [0, 0.1) is 5.92 Å². The Morgan fingerprint density at radius 3 is 2.21 bits per heavy atom. The van der Waals surface area contributed by atoms with E-state index in [4.69, 9.17) is 9.57 Å². The van der Waals surface area contributed by atoms with E-state index >= 15 is 0 Å². The second-order valence-corrected chi connectivity index (χ2v) is 5.12. The maximum atomic E-state index is 11.8. The van der Waals surface area contributed by atoms with Gasteiger partial charge in [-0.3, -0.25) is 9.63 Å². The van der Waals surface area contributed by atoms with Gasteiger partial charge in [-0.1, -0.05) is 6.92 Å². The molecule has 0 saturated heterocycles. The van der Waals surface area contributed by atoms with Gasteiger partial charge in [0.15, 0.2) is 0 Å². The fraction of sp³-hybridized carbons (Fsp3) is 0.750. The third kappa shape index (κ3) is 6.19. The molecule has 7 nitrogen and oxygen atoms in total. The van der Waals surface area contributed by atoms with E-state index in [1.165, 1.54) is 21.1 Å². The minimum absolute atomic E-state index is 0.421. The Hall–Kier alpha value is -1.63. The molecule has 0 saturated carbocycles. The topological polar surface area (TPSA) is 84.9 Å². The van der Waals surface area contributed by atoms with Crippen LogP contribution in [0.4, 0.5) is 4.79 Å². The molecule has 0 bridgehead atoms. The lowest BCUT2D eigenvalue weighted by Crippen LogP contribution is -2.48. The molecule has 0 aromatic carbocycles. The molecule has 0 fully saturated rings. The molecule has 0 aliphatic rings. The Balaban J connectivity index is 4.62. The van der Waals surface area contributed by atoms with Gasteiger partial charge in [-0.25, -0.2) is 9.86 Å². The summed E-state index contributed by atoms with van der Waals surface area (Å²) in [6, 6.07) is -0.972. The van der Waals surface area contributed by atoms with Crippen molar-refractivity contribution in [1.29, 1.82) is 0 Å². The summed E-state index contributed by atoms with van der Waals surface area (Å²) in [4.78, 5) is 39.1. The predicted octanol–water partition coefficient (Wildman–Crippen LogP) is 0.734. The summed E-state index contributed by atoms with van der Waals surface area (Å²) in [6.45, 7) is 6.63. The van der Waals surface area contributed by atoms with Crippen LogP contribution in [0.2, 0.25) is 0 Å². The molecule has 110 valence electrons. The normalized spacial score (nSPS) is 14.2. The molecule has 0 aliphatic carbocycles. The number of rotatable bonds is 5. The minimum atomic E-state index is -0.972. The lowest BCUT2D eigenvalue weighted by molar-refractivity contribution is -0.173. The summed E-state index contributed by atoms with van der Waals surface area (Å²) >= 11 is 0. The number of nitrogens with one attached hydrogen (secondary N) is 1. The summed E-state index contributed by atoms with van der Waals surface area (Å²) < 4.78 is 5.02. The van der Waals surface area contributed by atoms with Crippen LogP contribution in [0.25, 0.3) is 0 Å². The van der Waals surface area contributed by atoms with E-state index in [2.05, 4.69) is 5.32 Å². The molecule has 2 amide bonds. The van der Waals surface area contributed by atoms with Gasteiger partial charge in [0.25, 0.3) is 5.91 Å². The van der Waals surface area contributed by atoms with Crippen LogP contribution in [-0.4, -0.2) is 49.2 Å². The van der Waals surface area contributed by atoms with Crippen molar-refractivity contribution in [2.75, 3.05) is 14.2 Å². The first kappa shape index (κ1) is 17.4. The summed E-state index contributed by atoms with van der Waals surface area (Å²) in [6.07, 6.45) is -0.250. The number of hydroxylamine groups is 2. The van der Waals surface area contributed by atoms with Gasteiger partial charge in [-0.05, 0) is 20.8 Å². The molecule has 0 unspecified atom stereocenters. The predicted molar refractivity (Wildman–Crippen MR) is 68.2 cm³/mol. The number of ether oxygens (including phenoxy) is 1. The molecule has 0 spiro atoms. The summed E-state index contributed by atoms with van der Waals surface area (Å²) in [5.41, 5.74) is -0.673. The zero-order valence-electron chi connectivity index (χ0n) is 12.2. The SMILES string of the molecule is CON(C)C(=O)[C@@H](C)[C@H](C=O)NC(=O)OC(C)(C)C. The van der Waals surface area contributed by atoms with Gasteiger partial charge in [0.1, 0.15) is 11.9 Å². The first-order valence-corrected chi connectivity index (χ1v) is 5.89. The van der Waals surface area contributed by atoms with Crippen LogP contribution in [0.3, 0.4) is 0 Å². The van der Waals surface area contributed by atoms with E-state index in [1.54, 1.807) is 20.8 Å². The minimum Gasteiger partial charge on any atom is -0.444 e. The fourth-order valence-electron chi connectivity index (χ4n) is 1.25. The van der Waals surface area contributed by atoms with Crippen molar-refractivity contribution in [2.24, 2.45) is 5.92 Å². The molecule has 0 aromatic rings. The molecule has 1 N–H and O–H groups in total. The zero-order valence-corrected chi connectivity index (χ0v) is 12.2. The van der Waals surface area contributed by atoms with Gasteiger partial charge in [0.05, 0.1) is 19.1 Å². The molecular formula is C12H22N2O5. The summed E-state index contributed by atoms with van der Waals surface area (Å²) in [7, 11) is 2.76. The van der Waals surface area contributed by atoms with Crippen molar-refractivity contribution in [2.45, 2.75) is 39.3 Å². The van der Waals surface area contributed by atoms with E-state index in [-0.39, 0.29) is 0 Å². The number of alkyl carbamates (subject to hydrolysis) is 1. The van der Waals surface area contributed by atoms with Crippen LogP contribution in [0.1, 0.15) is 27.7 Å². The first-order chi connectivity index (χ1) is 8.62. The van der Waals surface area contributed by atoms with Gasteiger partial charge >= 0.3 is 6.09 Å². The zero-order chi connectivity index (χ0) is 15.2. The van der Waals surface area contributed by atoms with E-state index in [0.29, 0.717) is 6.29 Å². The molecular weight excluding hydrogens is 252 g/mol. The molecule has 2 atom stereocenters. The lowest BCUT2D eigenvalue weighted by Gasteiger charge is -2.25. The van der Waals surface area contributed by atoms with Gasteiger partial charge in [0, 0.05) is 7.05 Å². The third-order valence-corrected chi connectivity index (χ3v) is 2.34. The van der Waals surface area contributed by atoms with Crippen molar-refractivity contribution in [3.8, 4) is 0 Å². The average molecular weight is 274 g/mol. The fourth-order valence-corrected chi connectivity index (χ4v) is 1.25. The van der Waals surface area contributed by atoms with Gasteiger partial charge < -0.3 is 14.8 Å². The lowest BCUT2D eigenvalue weighted by atomic mass is 10.0. The maximum absolute atomic E-state index is 11.8. The molecule has 19 heavy (non-hydrogen) atoms. The highest BCUT2D eigenvalue weighted by molar-refractivity contribution is 5.84. The van der Waals surface area contributed by atoms with Crippen LogP contribution < -0.4 is 5.32 Å². The second kappa shape index (κ2) is 7.08. The number of aldehydes is 1. The van der Waals surface area contributed by atoms with Gasteiger partial charge in [-0.15, -0.1) is 0 Å². The van der Waals surface area contributed by atoms with Crippen molar-refractivity contribution < 1.29 is 24.0 Å². The van der Waals surface area contributed by atoms with Crippen LogP contribution in [0.5, 0.6) is 0 Å². The van der Waals surface area contributed by atoms with Crippen molar-refractivity contribution >= 4 is 18.3 Å². The van der Waals surface area contributed by atoms with Crippen LogP contribution in [0.15, 0.2) is 0 Å².